The molecule has 0 aliphatic carbocycles. The Labute approximate surface area is 178 Å². The first-order valence-corrected chi connectivity index (χ1v) is 10.1. The van der Waals surface area contributed by atoms with E-state index in [-0.39, 0.29) is 28.7 Å². The molecule has 1 amide bonds. The minimum atomic E-state index is -0.672. The van der Waals surface area contributed by atoms with Crippen molar-refractivity contribution in [3.05, 3.63) is 51.4 Å². The van der Waals surface area contributed by atoms with Crippen molar-refractivity contribution in [2.75, 3.05) is 25.1 Å². The number of rotatable bonds is 8. The lowest BCUT2D eigenvalue weighted by Crippen LogP contribution is -2.22. The first-order valence-electron chi connectivity index (χ1n) is 9.30. The predicted octanol–water partition coefficient (Wildman–Crippen LogP) is 3.51. The zero-order chi connectivity index (χ0) is 22.3. The summed E-state index contributed by atoms with van der Waals surface area (Å²) in [6, 6.07) is 6.84. The fourth-order valence-electron chi connectivity index (χ4n) is 2.62. The third-order valence-corrected chi connectivity index (χ3v) is 5.23. The first kappa shape index (κ1) is 23.1. The minimum Gasteiger partial charge on any atom is -0.462 e. The molecule has 0 bridgehead atoms. The van der Waals surface area contributed by atoms with Crippen LogP contribution in [-0.4, -0.2) is 43.6 Å². The molecule has 8 nitrogen and oxygen atoms in total. The van der Waals surface area contributed by atoms with Gasteiger partial charge in [0.15, 0.2) is 6.61 Å². The Morgan fingerprint density at radius 1 is 0.900 bits per heavy atom. The van der Waals surface area contributed by atoms with Crippen molar-refractivity contribution in [1.29, 1.82) is 0 Å². The molecule has 9 heteroatoms. The number of ether oxygens (including phenoxy) is 3. The number of carbonyl (C=O) groups excluding carboxylic acids is 4. The summed E-state index contributed by atoms with van der Waals surface area (Å²) in [5.74, 6) is -2.56. The van der Waals surface area contributed by atoms with E-state index < -0.39 is 30.4 Å². The van der Waals surface area contributed by atoms with E-state index in [2.05, 4.69) is 5.32 Å². The second-order valence-electron chi connectivity index (χ2n) is 6.14. The van der Waals surface area contributed by atoms with Crippen molar-refractivity contribution in [2.45, 2.75) is 27.7 Å². The van der Waals surface area contributed by atoms with Crippen LogP contribution in [0.1, 0.15) is 55.4 Å². The number of aryl methyl sites for hydroxylation is 1. The molecular formula is C21H23NO7S. The summed E-state index contributed by atoms with van der Waals surface area (Å²) in [6.45, 7) is 6.39. The highest BCUT2D eigenvalue weighted by atomic mass is 32.1. The van der Waals surface area contributed by atoms with Crippen LogP contribution in [0, 0.1) is 13.8 Å². The number of anilines is 1. The van der Waals surface area contributed by atoms with Crippen LogP contribution in [0.3, 0.4) is 0 Å². The molecule has 0 fully saturated rings. The number of amides is 1. The van der Waals surface area contributed by atoms with Crippen molar-refractivity contribution in [3.8, 4) is 0 Å². The molecular weight excluding hydrogens is 410 g/mol. The van der Waals surface area contributed by atoms with Crippen LogP contribution in [0.25, 0.3) is 0 Å². The van der Waals surface area contributed by atoms with Gasteiger partial charge in [-0.2, -0.15) is 0 Å². The Hall–Kier alpha value is -3.20. The number of nitrogens with one attached hydrogen (secondary N) is 1. The van der Waals surface area contributed by atoms with Gasteiger partial charge in [-0.3, -0.25) is 4.79 Å². The number of esters is 3. The maximum absolute atomic E-state index is 12.3. The number of carbonyl (C=O) groups is 4. The smallest absolute Gasteiger partial charge is 0.348 e. The van der Waals surface area contributed by atoms with Gasteiger partial charge < -0.3 is 19.5 Å². The summed E-state index contributed by atoms with van der Waals surface area (Å²) >= 11 is 0.902. The maximum atomic E-state index is 12.3. The summed E-state index contributed by atoms with van der Waals surface area (Å²) in [6.07, 6.45) is 0. The van der Waals surface area contributed by atoms with Crippen molar-refractivity contribution < 1.29 is 33.4 Å². The molecule has 1 N–H and O–H groups in total. The van der Waals surface area contributed by atoms with Gasteiger partial charge in [0.05, 0.1) is 24.3 Å². The minimum absolute atomic E-state index is 0.0727. The Morgan fingerprint density at radius 3 is 2.17 bits per heavy atom. The summed E-state index contributed by atoms with van der Waals surface area (Å²) in [5.41, 5.74) is 1.50. The second kappa shape index (κ2) is 10.5. The van der Waals surface area contributed by atoms with E-state index in [9.17, 15) is 19.2 Å². The Morgan fingerprint density at radius 2 is 1.53 bits per heavy atom. The topological polar surface area (TPSA) is 108 Å². The van der Waals surface area contributed by atoms with E-state index in [1.165, 1.54) is 0 Å². The van der Waals surface area contributed by atoms with Crippen molar-refractivity contribution in [3.63, 3.8) is 0 Å². The van der Waals surface area contributed by atoms with Crippen LogP contribution in [0.4, 0.5) is 5.00 Å². The molecule has 30 heavy (non-hydrogen) atoms. The zero-order valence-corrected chi connectivity index (χ0v) is 18.0. The Bertz CT molecular complexity index is 964. The number of thiophene rings is 1. The van der Waals surface area contributed by atoms with Crippen LogP contribution in [0.15, 0.2) is 24.3 Å². The zero-order valence-electron chi connectivity index (χ0n) is 17.2. The monoisotopic (exact) mass is 433 g/mol. The lowest BCUT2D eigenvalue weighted by atomic mass is 10.1. The molecule has 1 aromatic carbocycles. The van der Waals surface area contributed by atoms with Gasteiger partial charge in [-0.05, 0) is 44.9 Å². The lowest BCUT2D eigenvalue weighted by Gasteiger charge is -2.08. The SMILES string of the molecule is CCOC(=O)c1sc(NC(=O)COC(=O)c2ccccc2C)c(C(=O)OCC)c1C. The van der Waals surface area contributed by atoms with Crippen LogP contribution >= 0.6 is 11.3 Å². The van der Waals surface area contributed by atoms with Crippen LogP contribution in [0.2, 0.25) is 0 Å². The van der Waals surface area contributed by atoms with Gasteiger partial charge in [0.25, 0.3) is 5.91 Å². The van der Waals surface area contributed by atoms with Crippen molar-refractivity contribution in [1.82, 2.24) is 0 Å². The third kappa shape index (κ3) is 5.44. The fraction of sp³-hybridized carbons (Fsp3) is 0.333. The standard InChI is InChI=1S/C21H23NO7S/c1-5-27-20(25)16-13(4)17(21(26)28-6-2)30-18(16)22-15(23)11-29-19(24)14-10-8-7-9-12(14)3/h7-10H,5-6,11H2,1-4H3,(H,22,23). The number of hydrogen-bond donors (Lipinski definition) is 1. The average molecular weight is 433 g/mol. The Balaban J connectivity index is 2.17. The van der Waals surface area contributed by atoms with Gasteiger partial charge in [0.1, 0.15) is 9.88 Å². The summed E-state index contributed by atoms with van der Waals surface area (Å²) in [4.78, 5) is 49.2. The van der Waals surface area contributed by atoms with Gasteiger partial charge in [-0.1, -0.05) is 18.2 Å². The lowest BCUT2D eigenvalue weighted by molar-refractivity contribution is -0.119. The van der Waals surface area contributed by atoms with Gasteiger partial charge in [-0.25, -0.2) is 14.4 Å². The molecule has 0 aliphatic heterocycles. The van der Waals surface area contributed by atoms with E-state index in [1.54, 1.807) is 52.0 Å². The van der Waals surface area contributed by atoms with Gasteiger partial charge in [0.2, 0.25) is 0 Å². The molecule has 0 atom stereocenters. The van der Waals surface area contributed by atoms with Crippen molar-refractivity contribution in [2.24, 2.45) is 0 Å². The largest absolute Gasteiger partial charge is 0.462 e. The molecule has 0 aliphatic rings. The molecule has 1 heterocycles. The maximum Gasteiger partial charge on any atom is 0.348 e. The summed E-state index contributed by atoms with van der Waals surface area (Å²) < 4.78 is 15.1. The average Bonchev–Trinajstić information content (AvgIpc) is 3.02. The predicted molar refractivity (Wildman–Crippen MR) is 111 cm³/mol. The molecule has 1 aromatic heterocycles. The quantitative estimate of drug-likeness (QED) is 0.501. The van der Waals surface area contributed by atoms with Gasteiger partial charge in [0, 0.05) is 0 Å². The molecule has 0 unspecified atom stereocenters. The Kier molecular flexibility index (Phi) is 8.11. The highest BCUT2D eigenvalue weighted by molar-refractivity contribution is 7.18. The van der Waals surface area contributed by atoms with Gasteiger partial charge >= 0.3 is 17.9 Å². The molecule has 0 radical (unpaired) electrons. The van der Waals surface area contributed by atoms with E-state index in [0.717, 1.165) is 16.9 Å². The van der Waals surface area contributed by atoms with Gasteiger partial charge in [-0.15, -0.1) is 11.3 Å². The third-order valence-electron chi connectivity index (χ3n) is 4.04. The summed E-state index contributed by atoms with van der Waals surface area (Å²) in [5, 5.41) is 2.65. The normalized spacial score (nSPS) is 10.3. The molecule has 0 saturated heterocycles. The first-order chi connectivity index (χ1) is 14.3. The highest BCUT2D eigenvalue weighted by Gasteiger charge is 2.27. The second-order valence-corrected chi connectivity index (χ2v) is 7.16. The highest BCUT2D eigenvalue weighted by Crippen LogP contribution is 2.34. The number of benzene rings is 1. The fourth-order valence-corrected chi connectivity index (χ4v) is 3.72. The molecule has 0 saturated carbocycles. The van der Waals surface area contributed by atoms with Crippen LogP contribution in [0.5, 0.6) is 0 Å². The van der Waals surface area contributed by atoms with Crippen LogP contribution < -0.4 is 5.32 Å². The van der Waals surface area contributed by atoms with E-state index in [4.69, 9.17) is 14.2 Å². The van der Waals surface area contributed by atoms with E-state index >= 15 is 0 Å². The number of hydrogen-bond acceptors (Lipinski definition) is 8. The van der Waals surface area contributed by atoms with E-state index in [0.29, 0.717) is 11.1 Å². The molecule has 2 aromatic rings. The molecule has 0 spiro atoms. The van der Waals surface area contributed by atoms with Crippen molar-refractivity contribution >= 4 is 40.2 Å². The van der Waals surface area contributed by atoms with E-state index in [1.807, 2.05) is 0 Å². The van der Waals surface area contributed by atoms with Crippen LogP contribution in [-0.2, 0) is 19.0 Å². The summed E-state index contributed by atoms with van der Waals surface area (Å²) in [7, 11) is 0. The molecule has 160 valence electrons. The molecule has 2 rings (SSSR count).